The molecule has 2 aromatic carbocycles. The molecule has 0 unspecified atom stereocenters. The van der Waals surface area contributed by atoms with Crippen molar-refractivity contribution in [1.29, 1.82) is 0 Å². The highest BCUT2D eigenvalue weighted by molar-refractivity contribution is 5.94. The Hall–Kier alpha value is -2.53. The molecule has 4 rings (SSSR count). The minimum atomic E-state index is 0.0893. The minimum absolute atomic E-state index is 0.0893. The number of nitrogens with zero attached hydrogens (tertiary/aromatic N) is 2. The lowest BCUT2D eigenvalue weighted by molar-refractivity contribution is 0.0543. The van der Waals surface area contributed by atoms with Crippen molar-refractivity contribution in [2.75, 3.05) is 36.5 Å². The molecule has 136 valence electrons. The summed E-state index contributed by atoms with van der Waals surface area (Å²) in [5.74, 6) is 0. The number of hydrogen-bond acceptors (Lipinski definition) is 3. The summed E-state index contributed by atoms with van der Waals surface area (Å²) in [5.41, 5.74) is 3.29. The van der Waals surface area contributed by atoms with Gasteiger partial charge in [0, 0.05) is 24.8 Å². The van der Waals surface area contributed by atoms with Crippen LogP contribution < -0.4 is 10.2 Å². The van der Waals surface area contributed by atoms with Gasteiger partial charge in [-0.2, -0.15) is 0 Å². The van der Waals surface area contributed by atoms with Crippen molar-refractivity contribution in [3.05, 3.63) is 60.2 Å². The summed E-state index contributed by atoms with van der Waals surface area (Å²) in [6.45, 7) is 4.70. The third-order valence-corrected chi connectivity index (χ3v) is 5.19. The molecule has 2 amide bonds. The van der Waals surface area contributed by atoms with Gasteiger partial charge in [-0.05, 0) is 37.1 Å². The van der Waals surface area contributed by atoms with Gasteiger partial charge in [0.15, 0.2) is 0 Å². The minimum Gasteiger partial charge on any atom is -0.378 e. The number of benzene rings is 2. The smallest absolute Gasteiger partial charge is 0.324 e. The number of rotatable bonds is 2. The van der Waals surface area contributed by atoms with E-state index < -0.39 is 0 Å². The van der Waals surface area contributed by atoms with Crippen LogP contribution in [0.3, 0.4) is 0 Å². The molecular formula is C21H25N3O2. The van der Waals surface area contributed by atoms with Gasteiger partial charge in [0.1, 0.15) is 0 Å². The molecule has 26 heavy (non-hydrogen) atoms. The largest absolute Gasteiger partial charge is 0.378 e. The maximum atomic E-state index is 13.2. The van der Waals surface area contributed by atoms with Crippen molar-refractivity contribution < 1.29 is 9.53 Å². The van der Waals surface area contributed by atoms with Crippen LogP contribution in [0.1, 0.15) is 24.9 Å². The SMILES string of the molecule is C[C@@H]1C[C@H](Nc2ccccc2)c2ccccc2N1C(=O)N1CCOCC1. The number of amides is 2. The Morgan fingerprint density at radius 1 is 1.04 bits per heavy atom. The van der Waals surface area contributed by atoms with Crippen LogP contribution in [0.15, 0.2) is 54.6 Å². The third kappa shape index (κ3) is 3.27. The van der Waals surface area contributed by atoms with E-state index in [0.29, 0.717) is 26.3 Å². The molecule has 1 saturated heterocycles. The summed E-state index contributed by atoms with van der Waals surface area (Å²) in [4.78, 5) is 17.0. The molecule has 5 nitrogen and oxygen atoms in total. The van der Waals surface area contributed by atoms with Crippen molar-refractivity contribution in [3.63, 3.8) is 0 Å². The summed E-state index contributed by atoms with van der Waals surface area (Å²) in [5, 5.41) is 3.63. The summed E-state index contributed by atoms with van der Waals surface area (Å²) in [7, 11) is 0. The number of morpholine rings is 1. The number of ether oxygens (including phenoxy) is 1. The second kappa shape index (κ2) is 7.38. The molecule has 5 heteroatoms. The molecular weight excluding hydrogens is 326 g/mol. The van der Waals surface area contributed by atoms with Gasteiger partial charge in [-0.3, -0.25) is 4.90 Å². The normalized spacial score (nSPS) is 22.7. The van der Waals surface area contributed by atoms with Gasteiger partial charge in [0.2, 0.25) is 0 Å². The first-order chi connectivity index (χ1) is 12.7. The van der Waals surface area contributed by atoms with Crippen LogP contribution in [0.2, 0.25) is 0 Å². The number of para-hydroxylation sites is 2. The number of urea groups is 1. The highest BCUT2D eigenvalue weighted by Crippen LogP contribution is 2.39. The maximum Gasteiger partial charge on any atom is 0.324 e. The first kappa shape index (κ1) is 16.9. The van der Waals surface area contributed by atoms with Crippen molar-refractivity contribution in [1.82, 2.24) is 4.90 Å². The van der Waals surface area contributed by atoms with Gasteiger partial charge >= 0.3 is 6.03 Å². The third-order valence-electron chi connectivity index (χ3n) is 5.19. The van der Waals surface area contributed by atoms with Crippen molar-refractivity contribution in [3.8, 4) is 0 Å². The van der Waals surface area contributed by atoms with Crippen molar-refractivity contribution in [2.45, 2.75) is 25.4 Å². The average molecular weight is 351 g/mol. The van der Waals surface area contributed by atoms with E-state index in [0.717, 1.165) is 17.8 Å². The fourth-order valence-electron chi connectivity index (χ4n) is 3.88. The molecule has 0 aromatic heterocycles. The van der Waals surface area contributed by atoms with Gasteiger partial charge in [0.05, 0.1) is 24.9 Å². The molecule has 0 saturated carbocycles. The molecule has 2 aliphatic heterocycles. The Morgan fingerprint density at radius 3 is 2.50 bits per heavy atom. The van der Waals surface area contributed by atoms with E-state index in [1.165, 1.54) is 5.56 Å². The Labute approximate surface area is 154 Å². The summed E-state index contributed by atoms with van der Waals surface area (Å²) in [6.07, 6.45) is 0.877. The summed E-state index contributed by atoms with van der Waals surface area (Å²) < 4.78 is 5.39. The van der Waals surface area contributed by atoms with Crippen molar-refractivity contribution in [2.24, 2.45) is 0 Å². The number of carbonyl (C=O) groups is 1. The Kier molecular flexibility index (Phi) is 4.80. The lowest BCUT2D eigenvalue weighted by Crippen LogP contribution is -2.53. The zero-order valence-corrected chi connectivity index (χ0v) is 15.1. The topological polar surface area (TPSA) is 44.8 Å². The lowest BCUT2D eigenvalue weighted by Gasteiger charge is -2.42. The second-order valence-electron chi connectivity index (χ2n) is 6.96. The Bertz CT molecular complexity index is 759. The summed E-state index contributed by atoms with van der Waals surface area (Å²) >= 11 is 0. The highest BCUT2D eigenvalue weighted by atomic mass is 16.5. The van der Waals surface area contributed by atoms with Crippen molar-refractivity contribution >= 4 is 17.4 Å². The number of anilines is 2. The van der Waals surface area contributed by atoms with Gasteiger partial charge < -0.3 is 15.0 Å². The fourth-order valence-corrected chi connectivity index (χ4v) is 3.88. The van der Waals surface area contributed by atoms with Crippen LogP contribution in [0, 0.1) is 0 Å². The monoisotopic (exact) mass is 351 g/mol. The zero-order chi connectivity index (χ0) is 17.9. The first-order valence-electron chi connectivity index (χ1n) is 9.30. The van der Waals surface area contributed by atoms with E-state index in [1.54, 1.807) is 0 Å². The van der Waals surface area contributed by atoms with Crippen LogP contribution in [0.25, 0.3) is 0 Å². The molecule has 0 aliphatic carbocycles. The van der Waals surface area contributed by atoms with Gasteiger partial charge in [0.25, 0.3) is 0 Å². The van der Waals surface area contributed by atoms with Gasteiger partial charge in [-0.15, -0.1) is 0 Å². The number of carbonyl (C=O) groups excluding carboxylic acids is 1. The van der Waals surface area contributed by atoms with E-state index in [9.17, 15) is 4.79 Å². The quantitative estimate of drug-likeness (QED) is 0.893. The zero-order valence-electron chi connectivity index (χ0n) is 15.1. The average Bonchev–Trinajstić information content (AvgIpc) is 2.69. The van der Waals surface area contributed by atoms with Crippen LogP contribution in [0.5, 0.6) is 0 Å². The molecule has 1 N–H and O–H groups in total. The standard InChI is InChI=1S/C21H25N3O2/c1-16-15-19(22-17-7-3-2-4-8-17)18-9-5-6-10-20(18)24(16)21(25)23-11-13-26-14-12-23/h2-10,16,19,22H,11-15H2,1H3/t16-,19+/m1/s1. The Balaban J connectivity index is 1.62. The molecule has 2 atom stereocenters. The number of hydrogen-bond donors (Lipinski definition) is 1. The summed E-state index contributed by atoms with van der Waals surface area (Å²) in [6, 6.07) is 18.9. The highest BCUT2D eigenvalue weighted by Gasteiger charge is 2.35. The molecule has 0 radical (unpaired) electrons. The van der Waals surface area contributed by atoms with E-state index in [4.69, 9.17) is 4.74 Å². The van der Waals surface area contributed by atoms with Crippen LogP contribution in [0.4, 0.5) is 16.2 Å². The van der Waals surface area contributed by atoms with E-state index in [1.807, 2.05) is 40.1 Å². The van der Waals surface area contributed by atoms with Gasteiger partial charge in [-0.25, -0.2) is 4.79 Å². The van der Waals surface area contributed by atoms with Crippen LogP contribution in [-0.4, -0.2) is 43.3 Å². The van der Waals surface area contributed by atoms with Crippen LogP contribution >= 0.6 is 0 Å². The first-order valence-corrected chi connectivity index (χ1v) is 9.30. The van der Waals surface area contributed by atoms with Gasteiger partial charge in [-0.1, -0.05) is 36.4 Å². The predicted octanol–water partition coefficient (Wildman–Crippen LogP) is 3.89. The molecule has 0 spiro atoms. The lowest BCUT2D eigenvalue weighted by atomic mass is 9.91. The molecule has 2 heterocycles. The molecule has 1 fully saturated rings. The molecule has 2 aromatic rings. The fraction of sp³-hybridized carbons (Fsp3) is 0.381. The number of fused-ring (bicyclic) bond motifs is 1. The van der Waals surface area contributed by atoms with E-state index >= 15 is 0 Å². The Morgan fingerprint density at radius 2 is 1.73 bits per heavy atom. The van der Waals surface area contributed by atoms with E-state index in [2.05, 4.69) is 36.5 Å². The maximum absolute atomic E-state index is 13.2. The second-order valence-corrected chi connectivity index (χ2v) is 6.96. The van der Waals surface area contributed by atoms with E-state index in [-0.39, 0.29) is 18.1 Å². The molecule has 0 bridgehead atoms. The number of nitrogens with one attached hydrogen (secondary N) is 1. The predicted molar refractivity (Wildman–Crippen MR) is 104 cm³/mol. The molecule has 2 aliphatic rings. The van der Waals surface area contributed by atoms with Crippen LogP contribution in [-0.2, 0) is 4.74 Å².